The minimum atomic E-state index is 0.733. The van der Waals surface area contributed by atoms with E-state index in [2.05, 4.69) is 29.1 Å². The summed E-state index contributed by atoms with van der Waals surface area (Å²) in [5.74, 6) is 1.70. The van der Waals surface area contributed by atoms with Crippen LogP contribution in [0.5, 0.6) is 0 Å². The molecular weight excluding hydrogens is 234 g/mol. The SMILES string of the molecule is CC(C)CCNCc1nc2ccc(Cl)cc2[nH]1. The topological polar surface area (TPSA) is 40.7 Å². The summed E-state index contributed by atoms with van der Waals surface area (Å²) in [6, 6.07) is 5.70. The smallest absolute Gasteiger partial charge is 0.121 e. The van der Waals surface area contributed by atoms with Crippen LogP contribution < -0.4 is 5.32 Å². The van der Waals surface area contributed by atoms with Gasteiger partial charge in [-0.25, -0.2) is 4.98 Å². The van der Waals surface area contributed by atoms with Crippen molar-refractivity contribution in [3.63, 3.8) is 0 Å². The maximum Gasteiger partial charge on any atom is 0.121 e. The van der Waals surface area contributed by atoms with Crippen molar-refractivity contribution in [2.24, 2.45) is 5.92 Å². The number of fused-ring (bicyclic) bond motifs is 1. The summed E-state index contributed by atoms with van der Waals surface area (Å²) in [5, 5.41) is 4.12. The van der Waals surface area contributed by atoms with Gasteiger partial charge in [0.05, 0.1) is 17.6 Å². The lowest BCUT2D eigenvalue weighted by Gasteiger charge is -2.04. The van der Waals surface area contributed by atoms with Crippen LogP contribution in [0.25, 0.3) is 11.0 Å². The third-order valence-electron chi connectivity index (χ3n) is 2.68. The molecule has 0 radical (unpaired) electrons. The third kappa shape index (κ3) is 3.45. The van der Waals surface area contributed by atoms with E-state index >= 15 is 0 Å². The molecule has 17 heavy (non-hydrogen) atoms. The molecule has 0 aliphatic rings. The fourth-order valence-electron chi connectivity index (χ4n) is 1.72. The number of aromatic amines is 1. The van der Waals surface area contributed by atoms with E-state index < -0.39 is 0 Å². The molecule has 0 fully saturated rings. The van der Waals surface area contributed by atoms with Crippen LogP contribution in [0.15, 0.2) is 18.2 Å². The Hall–Kier alpha value is -1.06. The molecule has 0 saturated carbocycles. The van der Waals surface area contributed by atoms with Gasteiger partial charge in [-0.05, 0) is 37.1 Å². The quantitative estimate of drug-likeness (QED) is 0.800. The van der Waals surface area contributed by atoms with Crippen LogP contribution in [0.2, 0.25) is 5.02 Å². The lowest BCUT2D eigenvalue weighted by molar-refractivity contribution is 0.533. The number of rotatable bonds is 5. The van der Waals surface area contributed by atoms with Gasteiger partial charge in [-0.1, -0.05) is 25.4 Å². The molecule has 3 nitrogen and oxygen atoms in total. The summed E-state index contributed by atoms with van der Waals surface area (Å²) < 4.78 is 0. The molecule has 0 spiro atoms. The highest BCUT2D eigenvalue weighted by Crippen LogP contribution is 2.16. The third-order valence-corrected chi connectivity index (χ3v) is 2.92. The number of hydrogen-bond acceptors (Lipinski definition) is 2. The number of benzene rings is 1. The molecule has 2 rings (SSSR count). The first-order valence-corrected chi connectivity index (χ1v) is 6.38. The summed E-state index contributed by atoms with van der Waals surface area (Å²) in [6.45, 7) is 6.25. The fraction of sp³-hybridized carbons (Fsp3) is 0.462. The molecule has 0 saturated heterocycles. The van der Waals surface area contributed by atoms with Gasteiger partial charge in [0, 0.05) is 5.02 Å². The number of nitrogens with zero attached hydrogens (tertiary/aromatic N) is 1. The number of halogens is 1. The van der Waals surface area contributed by atoms with Gasteiger partial charge in [0.2, 0.25) is 0 Å². The van der Waals surface area contributed by atoms with Gasteiger partial charge in [-0.2, -0.15) is 0 Å². The maximum absolute atomic E-state index is 5.93. The highest BCUT2D eigenvalue weighted by molar-refractivity contribution is 6.31. The average molecular weight is 252 g/mol. The van der Waals surface area contributed by atoms with Crippen LogP contribution in [0.4, 0.5) is 0 Å². The molecule has 0 aliphatic heterocycles. The Balaban J connectivity index is 1.95. The predicted molar refractivity (Wildman–Crippen MR) is 72.3 cm³/mol. The summed E-state index contributed by atoms with van der Waals surface area (Å²) in [4.78, 5) is 7.76. The van der Waals surface area contributed by atoms with Gasteiger partial charge in [-0.3, -0.25) is 0 Å². The van der Waals surface area contributed by atoms with Crippen LogP contribution >= 0.6 is 11.6 Å². The normalized spacial score (nSPS) is 11.5. The number of imidazole rings is 1. The maximum atomic E-state index is 5.93. The predicted octanol–water partition coefficient (Wildman–Crippen LogP) is 3.35. The van der Waals surface area contributed by atoms with Crippen molar-refractivity contribution in [2.45, 2.75) is 26.8 Å². The second-order valence-corrected chi connectivity index (χ2v) is 5.14. The van der Waals surface area contributed by atoms with Crippen molar-refractivity contribution < 1.29 is 0 Å². The van der Waals surface area contributed by atoms with E-state index in [4.69, 9.17) is 11.6 Å². The van der Waals surface area contributed by atoms with Gasteiger partial charge in [0.25, 0.3) is 0 Å². The first kappa shape index (κ1) is 12.4. The summed E-state index contributed by atoms with van der Waals surface area (Å²) in [5.41, 5.74) is 1.97. The Morgan fingerprint density at radius 2 is 2.24 bits per heavy atom. The molecule has 1 aromatic heterocycles. The molecule has 4 heteroatoms. The van der Waals surface area contributed by atoms with Crippen LogP contribution in [0, 0.1) is 5.92 Å². The number of nitrogens with one attached hydrogen (secondary N) is 2. The zero-order valence-electron chi connectivity index (χ0n) is 10.3. The van der Waals surface area contributed by atoms with Gasteiger partial charge < -0.3 is 10.3 Å². The van der Waals surface area contributed by atoms with E-state index in [0.717, 1.165) is 40.9 Å². The van der Waals surface area contributed by atoms with Crippen molar-refractivity contribution in [1.29, 1.82) is 0 Å². The zero-order chi connectivity index (χ0) is 12.3. The van der Waals surface area contributed by atoms with Crippen LogP contribution in [0.3, 0.4) is 0 Å². The average Bonchev–Trinajstić information content (AvgIpc) is 2.66. The Morgan fingerprint density at radius 1 is 1.41 bits per heavy atom. The van der Waals surface area contributed by atoms with E-state index in [0.29, 0.717) is 0 Å². The Kier molecular flexibility index (Phi) is 4.02. The minimum absolute atomic E-state index is 0.733. The first-order chi connectivity index (χ1) is 8.15. The van der Waals surface area contributed by atoms with Crippen LogP contribution in [-0.4, -0.2) is 16.5 Å². The zero-order valence-corrected chi connectivity index (χ0v) is 11.0. The van der Waals surface area contributed by atoms with Crippen molar-refractivity contribution in [3.8, 4) is 0 Å². The second kappa shape index (κ2) is 5.52. The lowest BCUT2D eigenvalue weighted by atomic mass is 10.1. The Morgan fingerprint density at radius 3 is 3.00 bits per heavy atom. The molecule has 1 heterocycles. The number of H-pyrrole nitrogens is 1. The Bertz CT molecular complexity index is 490. The van der Waals surface area contributed by atoms with E-state index in [1.807, 2.05) is 18.2 Å². The Labute approximate surface area is 107 Å². The van der Waals surface area contributed by atoms with E-state index in [-0.39, 0.29) is 0 Å². The highest BCUT2D eigenvalue weighted by Gasteiger charge is 2.02. The minimum Gasteiger partial charge on any atom is -0.341 e. The van der Waals surface area contributed by atoms with Crippen molar-refractivity contribution in [2.75, 3.05) is 6.54 Å². The van der Waals surface area contributed by atoms with E-state index in [9.17, 15) is 0 Å². The van der Waals surface area contributed by atoms with Crippen molar-refractivity contribution in [3.05, 3.63) is 29.0 Å². The fourth-order valence-corrected chi connectivity index (χ4v) is 1.89. The summed E-state index contributed by atoms with van der Waals surface area (Å²) >= 11 is 5.93. The number of aromatic nitrogens is 2. The van der Waals surface area contributed by atoms with Gasteiger partial charge in [0.15, 0.2) is 0 Å². The molecule has 1 aromatic carbocycles. The van der Waals surface area contributed by atoms with Crippen LogP contribution in [-0.2, 0) is 6.54 Å². The lowest BCUT2D eigenvalue weighted by Crippen LogP contribution is -2.17. The molecule has 0 unspecified atom stereocenters. The van der Waals surface area contributed by atoms with Gasteiger partial charge >= 0.3 is 0 Å². The van der Waals surface area contributed by atoms with E-state index in [1.165, 1.54) is 6.42 Å². The highest BCUT2D eigenvalue weighted by atomic mass is 35.5. The van der Waals surface area contributed by atoms with Gasteiger partial charge in [0.1, 0.15) is 5.82 Å². The molecule has 2 N–H and O–H groups in total. The molecule has 0 bridgehead atoms. The van der Waals surface area contributed by atoms with Crippen LogP contribution in [0.1, 0.15) is 26.1 Å². The first-order valence-electron chi connectivity index (χ1n) is 6.00. The van der Waals surface area contributed by atoms with Crippen molar-refractivity contribution >= 4 is 22.6 Å². The molecule has 0 atom stereocenters. The molecule has 2 aromatic rings. The molecular formula is C13H18ClN3. The number of hydrogen-bond donors (Lipinski definition) is 2. The summed E-state index contributed by atoms with van der Waals surface area (Å²) in [7, 11) is 0. The monoisotopic (exact) mass is 251 g/mol. The molecule has 92 valence electrons. The van der Waals surface area contributed by atoms with Gasteiger partial charge in [-0.15, -0.1) is 0 Å². The molecule has 0 aliphatic carbocycles. The largest absolute Gasteiger partial charge is 0.341 e. The van der Waals surface area contributed by atoms with Crippen molar-refractivity contribution in [1.82, 2.24) is 15.3 Å². The summed E-state index contributed by atoms with van der Waals surface area (Å²) in [6.07, 6.45) is 1.19. The molecule has 0 amide bonds. The standard InChI is InChI=1S/C13H18ClN3/c1-9(2)5-6-15-8-13-16-11-4-3-10(14)7-12(11)17-13/h3-4,7,9,15H,5-6,8H2,1-2H3,(H,16,17). The second-order valence-electron chi connectivity index (χ2n) is 4.70. The van der Waals surface area contributed by atoms with E-state index in [1.54, 1.807) is 0 Å².